The molecule has 0 aliphatic rings. The fourth-order valence-corrected chi connectivity index (χ4v) is 2.44. The van der Waals surface area contributed by atoms with Gasteiger partial charge in [-0.05, 0) is 37.0 Å². The van der Waals surface area contributed by atoms with Gasteiger partial charge in [0.25, 0.3) is 0 Å². The van der Waals surface area contributed by atoms with E-state index < -0.39 is 6.03 Å². The summed E-state index contributed by atoms with van der Waals surface area (Å²) >= 11 is 0. The summed E-state index contributed by atoms with van der Waals surface area (Å²) in [5.41, 5.74) is 7.51. The lowest BCUT2D eigenvalue weighted by Gasteiger charge is -2.09. The Morgan fingerprint density at radius 3 is 2.39 bits per heavy atom. The van der Waals surface area contributed by atoms with Gasteiger partial charge in [0.05, 0.1) is 13.2 Å². The van der Waals surface area contributed by atoms with Gasteiger partial charge in [0, 0.05) is 12.1 Å². The molecule has 2 rings (SSSR count). The molecule has 0 fully saturated rings. The first-order chi connectivity index (χ1) is 13.6. The maximum atomic E-state index is 11.7. The van der Waals surface area contributed by atoms with Crippen LogP contribution in [0.1, 0.15) is 36.8 Å². The molecule has 28 heavy (non-hydrogen) atoms. The fourth-order valence-electron chi connectivity index (χ4n) is 2.44. The highest BCUT2D eigenvalue weighted by Gasteiger charge is 2.04. The van der Waals surface area contributed by atoms with Crippen molar-refractivity contribution in [1.29, 1.82) is 0 Å². The molecule has 0 aromatic heterocycles. The van der Waals surface area contributed by atoms with E-state index in [2.05, 4.69) is 16.3 Å². The van der Waals surface area contributed by atoms with Crippen LogP contribution >= 0.6 is 0 Å². The average Bonchev–Trinajstić information content (AvgIpc) is 2.70. The molecule has 3 N–H and O–H groups in total. The number of unbranched alkanes of at least 4 members (excludes halogenated alkanes) is 2. The number of para-hydroxylation sites is 1. The average molecular weight is 385 g/mol. The quantitative estimate of drug-likeness (QED) is 0.405. The molecular weight excluding hydrogens is 358 g/mol. The summed E-state index contributed by atoms with van der Waals surface area (Å²) < 4.78 is 0. The van der Waals surface area contributed by atoms with Crippen molar-refractivity contribution in [3.05, 3.63) is 65.7 Å². The fraction of sp³-hybridized carbons (Fsp3) is 0.333. The van der Waals surface area contributed by atoms with Gasteiger partial charge in [0.1, 0.15) is 0 Å². The normalized spacial score (nSPS) is 10.3. The van der Waals surface area contributed by atoms with Crippen LogP contribution in [0.15, 0.2) is 54.6 Å². The summed E-state index contributed by atoms with van der Waals surface area (Å²) in [6.45, 7) is 2.64. The molecule has 7 heteroatoms. The third-order valence-electron chi connectivity index (χ3n) is 3.98. The molecular formula is C21H27N3O4. The third-order valence-corrected chi connectivity index (χ3v) is 3.98. The second kappa shape index (κ2) is 12.5. The molecule has 3 amide bonds. The van der Waals surface area contributed by atoms with Crippen molar-refractivity contribution in [2.24, 2.45) is 0 Å². The number of carbonyl (C=O) groups is 2. The second-order valence-corrected chi connectivity index (χ2v) is 6.33. The van der Waals surface area contributed by atoms with E-state index in [1.54, 1.807) is 0 Å². The van der Waals surface area contributed by atoms with Crippen molar-refractivity contribution in [3.8, 4) is 0 Å². The summed E-state index contributed by atoms with van der Waals surface area (Å²) in [6.07, 6.45) is 2.66. The van der Waals surface area contributed by atoms with Crippen molar-refractivity contribution in [3.63, 3.8) is 0 Å². The summed E-state index contributed by atoms with van der Waals surface area (Å²) in [5, 5.41) is 2.72. The predicted octanol–water partition coefficient (Wildman–Crippen LogP) is 3.86. The Labute approximate surface area is 165 Å². The number of benzene rings is 2. The monoisotopic (exact) mass is 385 g/mol. The van der Waals surface area contributed by atoms with Crippen molar-refractivity contribution < 1.29 is 19.3 Å². The molecule has 0 aliphatic heterocycles. The zero-order valence-corrected chi connectivity index (χ0v) is 16.1. The Morgan fingerprint density at radius 2 is 1.61 bits per heavy atom. The van der Waals surface area contributed by atoms with Gasteiger partial charge in [-0.15, -0.1) is 0 Å². The maximum absolute atomic E-state index is 11.7. The van der Waals surface area contributed by atoms with Gasteiger partial charge in [-0.25, -0.2) is 15.8 Å². The Kier molecular flexibility index (Phi) is 9.54. The third kappa shape index (κ3) is 8.66. The number of anilines is 1. The minimum absolute atomic E-state index is 0.146. The van der Waals surface area contributed by atoms with Gasteiger partial charge < -0.3 is 5.32 Å². The topological polar surface area (TPSA) is 88.7 Å². The van der Waals surface area contributed by atoms with Gasteiger partial charge in [-0.1, -0.05) is 55.0 Å². The lowest BCUT2D eigenvalue weighted by molar-refractivity contribution is -0.134. The van der Waals surface area contributed by atoms with Crippen LogP contribution < -0.4 is 16.3 Å². The number of rotatable bonds is 11. The van der Waals surface area contributed by atoms with Gasteiger partial charge in [-0.2, -0.15) is 0 Å². The number of carbonyl (C=O) groups excluding carboxylic acids is 2. The first-order valence-electron chi connectivity index (χ1n) is 9.34. The zero-order chi connectivity index (χ0) is 20.0. The van der Waals surface area contributed by atoms with E-state index in [0.29, 0.717) is 19.6 Å². The maximum Gasteiger partial charge on any atom is 0.343 e. The van der Waals surface area contributed by atoms with Crippen LogP contribution in [-0.2, 0) is 21.1 Å². The van der Waals surface area contributed by atoms with Crippen LogP contribution in [0.2, 0.25) is 0 Å². The second-order valence-electron chi connectivity index (χ2n) is 6.33. The van der Waals surface area contributed by atoms with Crippen LogP contribution in [0.5, 0.6) is 0 Å². The molecule has 2 aromatic carbocycles. The lowest BCUT2D eigenvalue weighted by Crippen LogP contribution is -2.29. The lowest BCUT2D eigenvalue weighted by atomic mass is 10.2. The highest BCUT2D eigenvalue weighted by molar-refractivity contribution is 5.89. The van der Waals surface area contributed by atoms with Crippen LogP contribution in [0.3, 0.4) is 0 Å². The molecule has 0 saturated carbocycles. The van der Waals surface area contributed by atoms with E-state index in [4.69, 9.17) is 9.68 Å². The summed E-state index contributed by atoms with van der Waals surface area (Å²) in [4.78, 5) is 33.7. The van der Waals surface area contributed by atoms with E-state index in [0.717, 1.165) is 36.1 Å². The van der Waals surface area contributed by atoms with E-state index in [1.807, 2.05) is 61.5 Å². The Hall–Kier alpha value is -2.90. The molecule has 0 saturated heterocycles. The van der Waals surface area contributed by atoms with E-state index in [9.17, 15) is 9.59 Å². The Bertz CT molecular complexity index is 737. The molecule has 0 atom stereocenters. The van der Waals surface area contributed by atoms with Crippen LogP contribution in [0, 0.1) is 6.92 Å². The minimum Gasteiger partial charge on any atom is -0.306 e. The van der Waals surface area contributed by atoms with Crippen molar-refractivity contribution >= 4 is 17.6 Å². The molecule has 2 aromatic rings. The number of nitrogens with one attached hydrogen (secondary N) is 3. The summed E-state index contributed by atoms with van der Waals surface area (Å²) in [6, 6.07) is 16.7. The largest absolute Gasteiger partial charge is 0.343 e. The van der Waals surface area contributed by atoms with Crippen molar-refractivity contribution in [1.82, 2.24) is 11.0 Å². The van der Waals surface area contributed by atoms with E-state index >= 15 is 0 Å². The van der Waals surface area contributed by atoms with Crippen molar-refractivity contribution in [2.75, 3.05) is 11.9 Å². The standard InChI is InChI=1S/C21H27N3O4/c1-17-10-7-8-13-19(17)22-21(26)24-27-15-9-3-6-14-20(25)23-28-16-18-11-4-2-5-12-18/h2,4-5,7-8,10-13H,3,6,9,14-16H2,1H3,(H,23,25)(H2,22,24,26). The first-order valence-corrected chi connectivity index (χ1v) is 9.34. The molecule has 0 spiro atoms. The van der Waals surface area contributed by atoms with Crippen LogP contribution in [-0.4, -0.2) is 18.5 Å². The molecule has 0 unspecified atom stereocenters. The predicted molar refractivity (Wildman–Crippen MR) is 107 cm³/mol. The number of hydrogen-bond donors (Lipinski definition) is 3. The van der Waals surface area contributed by atoms with E-state index in [-0.39, 0.29) is 5.91 Å². The molecule has 0 bridgehead atoms. The number of aryl methyl sites for hydroxylation is 1. The summed E-state index contributed by atoms with van der Waals surface area (Å²) in [7, 11) is 0. The number of urea groups is 1. The number of hydroxylamine groups is 2. The molecule has 0 radical (unpaired) electrons. The molecule has 0 heterocycles. The van der Waals surface area contributed by atoms with Gasteiger partial charge in [0.2, 0.25) is 5.91 Å². The number of amides is 3. The Morgan fingerprint density at radius 1 is 0.857 bits per heavy atom. The molecule has 7 nitrogen and oxygen atoms in total. The highest BCUT2D eigenvalue weighted by Crippen LogP contribution is 2.12. The van der Waals surface area contributed by atoms with Crippen molar-refractivity contribution in [2.45, 2.75) is 39.2 Å². The smallest absolute Gasteiger partial charge is 0.306 e. The highest BCUT2D eigenvalue weighted by atomic mass is 16.7. The molecule has 0 aliphatic carbocycles. The first kappa shape index (κ1) is 21.4. The summed E-state index contributed by atoms with van der Waals surface area (Å²) in [5.74, 6) is -0.146. The number of hydrogen-bond acceptors (Lipinski definition) is 4. The van der Waals surface area contributed by atoms with Gasteiger partial charge in [-0.3, -0.25) is 14.5 Å². The van der Waals surface area contributed by atoms with Gasteiger partial charge in [0.15, 0.2) is 0 Å². The van der Waals surface area contributed by atoms with E-state index in [1.165, 1.54) is 0 Å². The molecule has 150 valence electrons. The minimum atomic E-state index is -0.413. The Balaban J connectivity index is 1.44. The van der Waals surface area contributed by atoms with Crippen LogP contribution in [0.4, 0.5) is 10.5 Å². The SMILES string of the molecule is Cc1ccccc1NC(=O)NOCCCCCC(=O)NOCc1ccccc1. The van der Waals surface area contributed by atoms with Gasteiger partial charge >= 0.3 is 6.03 Å². The van der Waals surface area contributed by atoms with Crippen LogP contribution in [0.25, 0.3) is 0 Å². The zero-order valence-electron chi connectivity index (χ0n) is 16.1.